The Hall–Kier alpha value is -6.44. The largest absolute Gasteiger partial charge is 0.497 e. The van der Waals surface area contributed by atoms with Gasteiger partial charge in [-0.05, 0) is 93.3 Å². The van der Waals surface area contributed by atoms with E-state index in [-0.39, 0.29) is 29.4 Å². The van der Waals surface area contributed by atoms with Gasteiger partial charge in [-0.15, -0.1) is 0 Å². The number of carbonyl (C=O) groups is 2. The van der Waals surface area contributed by atoms with E-state index in [4.69, 9.17) is 38.4 Å². The van der Waals surface area contributed by atoms with Crippen molar-refractivity contribution in [2.24, 2.45) is 9.98 Å². The van der Waals surface area contributed by atoms with Crippen LogP contribution in [0.4, 0.5) is 11.4 Å². The minimum atomic E-state index is -0.443. The minimum Gasteiger partial charge on any atom is -0.497 e. The number of nitrogens with one attached hydrogen (secondary N) is 1. The Morgan fingerprint density at radius 3 is 1.58 bits per heavy atom. The summed E-state index contributed by atoms with van der Waals surface area (Å²) in [6.07, 6.45) is 10.2. The van der Waals surface area contributed by atoms with Crippen LogP contribution in [-0.2, 0) is 10.3 Å². The molecule has 0 aromatic heterocycles. The van der Waals surface area contributed by atoms with Crippen molar-refractivity contribution in [3.05, 3.63) is 113 Å². The van der Waals surface area contributed by atoms with Gasteiger partial charge in [0.15, 0.2) is 23.0 Å². The maximum absolute atomic E-state index is 14.0. The van der Waals surface area contributed by atoms with Gasteiger partial charge in [-0.3, -0.25) is 19.6 Å². The Bertz CT molecular complexity index is 2530. The molecule has 8 rings (SSSR count). The molecule has 0 radical (unpaired) electrons. The van der Waals surface area contributed by atoms with E-state index in [0.29, 0.717) is 84.6 Å². The number of methoxy groups -OCH3 is 3. The summed E-state index contributed by atoms with van der Waals surface area (Å²) in [6, 6.07) is 22.7. The number of rotatable bonds is 17. The summed E-state index contributed by atoms with van der Waals surface area (Å²) in [5.74, 6) is 2.28. The number of ether oxygens (including phenoxy) is 6. The highest BCUT2D eigenvalue weighted by molar-refractivity contribution is 6.06. The van der Waals surface area contributed by atoms with E-state index in [9.17, 15) is 9.59 Å². The Kier molecular flexibility index (Phi) is 12.7. The number of aliphatic imine (C=N–C) groups is 2. The predicted molar refractivity (Wildman–Crippen MR) is 249 cm³/mol. The van der Waals surface area contributed by atoms with Gasteiger partial charge in [-0.25, -0.2) is 0 Å². The molecule has 4 aliphatic rings. The van der Waals surface area contributed by atoms with Gasteiger partial charge in [0.05, 0.1) is 74.7 Å². The van der Waals surface area contributed by atoms with E-state index in [1.165, 1.54) is 0 Å². The molecule has 0 fully saturated rings. The van der Waals surface area contributed by atoms with Crippen LogP contribution in [0.5, 0.6) is 28.7 Å². The number of carbonyl (C=O) groups excluding carboxylic acids is 2. The zero-order valence-corrected chi connectivity index (χ0v) is 37.9. The van der Waals surface area contributed by atoms with E-state index in [1.54, 1.807) is 55.4 Å². The summed E-state index contributed by atoms with van der Waals surface area (Å²) in [6.45, 7) is 9.76. The topological polar surface area (TPSA) is 133 Å². The van der Waals surface area contributed by atoms with Gasteiger partial charge in [0.2, 0.25) is 0 Å². The quantitative estimate of drug-likeness (QED) is 0.103. The zero-order chi connectivity index (χ0) is 45.2. The van der Waals surface area contributed by atoms with Gasteiger partial charge in [-0.2, -0.15) is 0 Å². The molecule has 4 aromatic carbocycles. The average Bonchev–Trinajstić information content (AvgIpc) is 3.88. The Morgan fingerprint density at radius 2 is 1.12 bits per heavy atom. The van der Waals surface area contributed by atoms with Gasteiger partial charge >= 0.3 is 0 Å². The SMILES string of the molecule is CNC(C)(C)CCOC(C)(C)c1ccc(C2=CN3C(=O)c4cc(OC)c(OCCCOc5cc6c(cc5OC)C(=O)N5C=C(c7ccc(OC)cc7)C[C@H]5C=N6)cc4N=C[C@@H]3C2)cc1. The Morgan fingerprint density at radius 1 is 0.641 bits per heavy atom. The normalized spacial score (nSPS) is 17.8. The molecule has 1 N–H and O–H groups in total. The maximum atomic E-state index is 14.0. The van der Waals surface area contributed by atoms with Crippen molar-refractivity contribution >= 4 is 46.8 Å². The third-order valence-electron chi connectivity index (χ3n) is 12.5. The lowest BCUT2D eigenvalue weighted by Crippen LogP contribution is -2.38. The first-order valence-corrected chi connectivity index (χ1v) is 21.7. The van der Waals surface area contributed by atoms with Gasteiger partial charge in [0, 0.05) is 68.4 Å². The van der Waals surface area contributed by atoms with Crippen molar-refractivity contribution in [2.45, 2.75) is 76.6 Å². The number of nitrogens with zero attached hydrogens (tertiary/aromatic N) is 4. The summed E-state index contributed by atoms with van der Waals surface area (Å²) in [5.41, 5.74) is 6.75. The summed E-state index contributed by atoms with van der Waals surface area (Å²) >= 11 is 0. The lowest BCUT2D eigenvalue weighted by atomic mass is 9.94. The molecule has 13 nitrogen and oxygen atoms in total. The first kappa shape index (κ1) is 44.2. The van der Waals surface area contributed by atoms with Gasteiger partial charge in [0.25, 0.3) is 11.8 Å². The Balaban J connectivity index is 0.876. The van der Waals surface area contributed by atoms with Crippen molar-refractivity contribution in [1.29, 1.82) is 0 Å². The molecule has 0 aliphatic carbocycles. The van der Waals surface area contributed by atoms with E-state index >= 15 is 0 Å². The van der Waals surface area contributed by atoms with Gasteiger partial charge in [0.1, 0.15) is 5.75 Å². The van der Waals surface area contributed by atoms with E-state index in [0.717, 1.165) is 40.0 Å². The fourth-order valence-corrected chi connectivity index (χ4v) is 8.23. The van der Waals surface area contributed by atoms with E-state index in [2.05, 4.69) is 57.3 Å². The molecule has 4 aliphatic heterocycles. The molecule has 0 saturated carbocycles. The smallest absolute Gasteiger partial charge is 0.260 e. The van der Waals surface area contributed by atoms with Crippen LogP contribution in [0.1, 0.15) is 90.8 Å². The highest BCUT2D eigenvalue weighted by atomic mass is 16.5. The maximum Gasteiger partial charge on any atom is 0.260 e. The van der Waals surface area contributed by atoms with Crippen LogP contribution in [0.15, 0.2) is 95.2 Å². The molecule has 4 aromatic rings. The standard InChI is InChI=1S/C51H57N5O8/c1-50(2,52-5)18-21-64-51(3,4)36-14-10-32(11-15-36)34-22-37-28-53-42-26-46(44(60-7)24-40(42)48(57)55(37)30-34)62-19-9-20-63-47-27-43-41(25-45(47)61-8)49(58)56-31-35(23-38(56)29-54-43)33-12-16-39(59-6)17-13-33/h10-17,24-31,37-38,52H,9,18-23H2,1-8H3/t37-,38-/m0/s1. The second-order valence-corrected chi connectivity index (χ2v) is 17.5. The summed E-state index contributed by atoms with van der Waals surface area (Å²) in [7, 11) is 6.70. The minimum absolute atomic E-state index is 0.00526. The molecule has 13 heteroatoms. The van der Waals surface area contributed by atoms with Crippen LogP contribution >= 0.6 is 0 Å². The summed E-state index contributed by atoms with van der Waals surface area (Å²) < 4.78 is 35.3. The molecular formula is C51H57N5O8. The van der Waals surface area contributed by atoms with Crippen LogP contribution in [0, 0.1) is 0 Å². The van der Waals surface area contributed by atoms with Crippen LogP contribution in [0.3, 0.4) is 0 Å². The van der Waals surface area contributed by atoms with Gasteiger partial charge in [-0.1, -0.05) is 36.4 Å². The van der Waals surface area contributed by atoms with E-state index < -0.39 is 5.60 Å². The molecule has 4 heterocycles. The third-order valence-corrected chi connectivity index (χ3v) is 12.5. The van der Waals surface area contributed by atoms with Crippen molar-refractivity contribution in [2.75, 3.05) is 48.2 Å². The number of benzene rings is 4. The molecule has 2 atom stereocenters. The number of amides is 2. The lowest BCUT2D eigenvalue weighted by Gasteiger charge is -2.30. The van der Waals surface area contributed by atoms with Crippen LogP contribution in [0.25, 0.3) is 11.1 Å². The molecule has 0 spiro atoms. The second kappa shape index (κ2) is 18.3. The fraction of sp³-hybridized carbons (Fsp3) is 0.373. The molecule has 0 bridgehead atoms. The molecule has 334 valence electrons. The molecule has 0 unspecified atom stereocenters. The van der Waals surface area contributed by atoms with Crippen molar-refractivity contribution in [3.8, 4) is 28.7 Å². The highest BCUT2D eigenvalue weighted by Crippen LogP contribution is 2.42. The third kappa shape index (κ3) is 9.13. The number of fused-ring (bicyclic) bond motifs is 4. The number of hydrogen-bond acceptors (Lipinski definition) is 11. The van der Waals surface area contributed by atoms with Crippen LogP contribution < -0.4 is 29.0 Å². The molecule has 2 amide bonds. The lowest BCUT2D eigenvalue weighted by molar-refractivity contribution is -0.0291. The average molecular weight is 868 g/mol. The molecule has 64 heavy (non-hydrogen) atoms. The first-order valence-electron chi connectivity index (χ1n) is 21.7. The predicted octanol–water partition coefficient (Wildman–Crippen LogP) is 9.14. The first-order chi connectivity index (χ1) is 30.8. The molecular weight excluding hydrogens is 811 g/mol. The summed E-state index contributed by atoms with van der Waals surface area (Å²) in [5, 5.41) is 3.33. The van der Waals surface area contributed by atoms with Gasteiger partial charge < -0.3 is 43.5 Å². The van der Waals surface area contributed by atoms with Crippen molar-refractivity contribution in [1.82, 2.24) is 15.1 Å². The molecule has 0 saturated heterocycles. The zero-order valence-electron chi connectivity index (χ0n) is 37.9. The van der Waals surface area contributed by atoms with Crippen molar-refractivity contribution < 1.29 is 38.0 Å². The number of hydrogen-bond donors (Lipinski definition) is 1. The Labute approximate surface area is 375 Å². The second-order valence-electron chi connectivity index (χ2n) is 17.5. The van der Waals surface area contributed by atoms with E-state index in [1.807, 2.05) is 56.1 Å². The fourth-order valence-electron chi connectivity index (χ4n) is 8.23. The van der Waals surface area contributed by atoms with Crippen LogP contribution in [-0.4, -0.2) is 99.9 Å². The summed E-state index contributed by atoms with van der Waals surface area (Å²) in [4.78, 5) is 40.8. The van der Waals surface area contributed by atoms with Crippen molar-refractivity contribution in [3.63, 3.8) is 0 Å². The van der Waals surface area contributed by atoms with Crippen LogP contribution in [0.2, 0.25) is 0 Å². The monoisotopic (exact) mass is 867 g/mol. The highest BCUT2D eigenvalue weighted by Gasteiger charge is 2.35.